The molecule has 1 atom stereocenters. The number of hydrogen-bond acceptors (Lipinski definition) is 4. The average Bonchev–Trinajstić information content (AvgIpc) is 3.12. The van der Waals surface area contributed by atoms with E-state index in [9.17, 15) is 18.0 Å². The smallest absolute Gasteiger partial charge is 0.416 e. The molecule has 3 aromatic rings. The summed E-state index contributed by atoms with van der Waals surface area (Å²) >= 11 is 0. The molecule has 0 aliphatic rings. The molecule has 170 valence electrons. The highest BCUT2D eigenvalue weighted by molar-refractivity contribution is 5.67. The molecular weight excluding hydrogens is 423 g/mol. The van der Waals surface area contributed by atoms with E-state index in [1.165, 1.54) is 12.1 Å². The number of ether oxygens (including phenoxy) is 1. The fourth-order valence-electron chi connectivity index (χ4n) is 3.38. The Kier molecular flexibility index (Phi) is 7.03. The quantitative estimate of drug-likeness (QED) is 0.440. The molecule has 0 fully saturated rings. The fourth-order valence-corrected chi connectivity index (χ4v) is 3.38. The van der Waals surface area contributed by atoms with Gasteiger partial charge in [0, 0.05) is 12.0 Å². The van der Waals surface area contributed by atoms with Gasteiger partial charge in [-0.3, -0.25) is 4.79 Å². The Morgan fingerprint density at radius 1 is 1.16 bits per heavy atom. The topological polar surface area (TPSA) is 72.6 Å². The van der Waals surface area contributed by atoms with Crippen molar-refractivity contribution < 1.29 is 32.2 Å². The van der Waals surface area contributed by atoms with Crippen molar-refractivity contribution in [1.29, 1.82) is 0 Å². The van der Waals surface area contributed by atoms with Crippen molar-refractivity contribution in [2.45, 2.75) is 52.5 Å². The molecule has 5 nitrogen and oxygen atoms in total. The summed E-state index contributed by atoms with van der Waals surface area (Å²) < 4.78 is 50.0. The summed E-state index contributed by atoms with van der Waals surface area (Å²) in [6.45, 7) is 5.82. The lowest BCUT2D eigenvalue weighted by atomic mass is 10.0. The van der Waals surface area contributed by atoms with Gasteiger partial charge in [-0.15, -0.1) is 0 Å². The van der Waals surface area contributed by atoms with Crippen LogP contribution in [-0.4, -0.2) is 16.1 Å². The van der Waals surface area contributed by atoms with Gasteiger partial charge in [-0.05, 0) is 68.1 Å². The Balaban J connectivity index is 1.66. The van der Waals surface area contributed by atoms with Crippen LogP contribution in [0.25, 0.3) is 11.5 Å². The van der Waals surface area contributed by atoms with E-state index >= 15 is 0 Å². The number of aryl methyl sites for hydroxylation is 3. The van der Waals surface area contributed by atoms with Gasteiger partial charge >= 0.3 is 12.1 Å². The maximum atomic E-state index is 12.8. The minimum absolute atomic E-state index is 0.0831. The van der Waals surface area contributed by atoms with E-state index in [-0.39, 0.29) is 12.3 Å². The molecule has 8 heteroatoms. The molecule has 32 heavy (non-hydrogen) atoms. The first kappa shape index (κ1) is 23.5. The number of alkyl halides is 3. The number of halogens is 3. The maximum Gasteiger partial charge on any atom is 0.416 e. The predicted molar refractivity (Wildman–Crippen MR) is 112 cm³/mol. The van der Waals surface area contributed by atoms with Gasteiger partial charge in [-0.1, -0.05) is 18.2 Å². The summed E-state index contributed by atoms with van der Waals surface area (Å²) in [5.41, 5.74) is 3.25. The largest absolute Gasteiger partial charge is 0.481 e. The van der Waals surface area contributed by atoms with Gasteiger partial charge in [0.1, 0.15) is 6.10 Å². The van der Waals surface area contributed by atoms with Gasteiger partial charge < -0.3 is 14.3 Å². The lowest BCUT2D eigenvalue weighted by molar-refractivity contribution is -0.138. The number of rotatable bonds is 8. The number of carboxylic acid groups (broad SMARTS) is 1. The zero-order chi connectivity index (χ0) is 23.5. The second-order valence-electron chi connectivity index (χ2n) is 7.65. The van der Waals surface area contributed by atoms with Crippen molar-refractivity contribution in [3.05, 3.63) is 76.2 Å². The standard InChI is InChI=1S/C24H24F3NO4/c1-14-12-17(4-5-18(14)8-11-21(29)30)13-31-16(3)22-15(2)28-23(32-22)19-6-9-20(10-7-19)24(25,26)27/h4-7,9-10,12,16H,8,11,13H2,1-3H3,(H,29,30). The number of benzene rings is 2. The summed E-state index contributed by atoms with van der Waals surface area (Å²) in [6, 6.07) is 10.4. The molecule has 1 N–H and O–H groups in total. The normalized spacial score (nSPS) is 12.7. The third-order valence-corrected chi connectivity index (χ3v) is 5.18. The number of carboxylic acids is 1. The van der Waals surface area contributed by atoms with Crippen molar-refractivity contribution in [1.82, 2.24) is 4.98 Å². The number of oxazole rings is 1. The molecule has 0 spiro atoms. The molecule has 1 unspecified atom stereocenters. The van der Waals surface area contributed by atoms with Gasteiger partial charge in [-0.2, -0.15) is 13.2 Å². The Morgan fingerprint density at radius 2 is 1.84 bits per heavy atom. The number of hydrogen-bond donors (Lipinski definition) is 1. The molecule has 1 aromatic heterocycles. The monoisotopic (exact) mass is 447 g/mol. The summed E-state index contributed by atoms with van der Waals surface area (Å²) in [5, 5.41) is 8.84. The van der Waals surface area contributed by atoms with Gasteiger partial charge in [0.2, 0.25) is 5.89 Å². The van der Waals surface area contributed by atoms with Crippen LogP contribution in [0.4, 0.5) is 13.2 Å². The van der Waals surface area contributed by atoms with Gasteiger partial charge in [0.15, 0.2) is 5.76 Å². The second-order valence-corrected chi connectivity index (χ2v) is 7.65. The lowest BCUT2D eigenvalue weighted by Crippen LogP contribution is -2.03. The minimum Gasteiger partial charge on any atom is -0.481 e. The second kappa shape index (κ2) is 9.56. The Morgan fingerprint density at radius 3 is 2.44 bits per heavy atom. The Labute approximate surface area is 183 Å². The van der Waals surface area contributed by atoms with Gasteiger partial charge in [0.25, 0.3) is 0 Å². The highest BCUT2D eigenvalue weighted by atomic mass is 19.4. The first-order valence-corrected chi connectivity index (χ1v) is 10.1. The van der Waals surface area contributed by atoms with Crippen LogP contribution in [0.5, 0.6) is 0 Å². The molecule has 1 heterocycles. The van der Waals surface area contributed by atoms with Crippen LogP contribution >= 0.6 is 0 Å². The van der Waals surface area contributed by atoms with Gasteiger partial charge in [0.05, 0.1) is 17.9 Å². The number of carbonyl (C=O) groups is 1. The molecule has 0 aliphatic heterocycles. The molecule has 0 saturated heterocycles. The van der Waals surface area contributed by atoms with E-state index in [0.29, 0.717) is 30.0 Å². The fraction of sp³-hybridized carbons (Fsp3) is 0.333. The first-order valence-electron chi connectivity index (χ1n) is 10.1. The molecule has 2 aromatic carbocycles. The van der Waals surface area contributed by atoms with E-state index in [2.05, 4.69) is 4.98 Å². The van der Waals surface area contributed by atoms with Crippen molar-refractivity contribution in [3.63, 3.8) is 0 Å². The average molecular weight is 447 g/mol. The summed E-state index contributed by atoms with van der Waals surface area (Å²) in [4.78, 5) is 15.1. The summed E-state index contributed by atoms with van der Waals surface area (Å²) in [5.74, 6) is -0.0845. The van der Waals surface area contributed by atoms with Gasteiger partial charge in [-0.25, -0.2) is 4.98 Å². The van der Waals surface area contributed by atoms with Crippen LogP contribution < -0.4 is 0 Å². The maximum absolute atomic E-state index is 12.8. The van der Waals surface area contributed by atoms with E-state index in [0.717, 1.165) is 28.8 Å². The number of nitrogens with zero attached hydrogens (tertiary/aromatic N) is 1. The molecule has 3 rings (SSSR count). The zero-order valence-electron chi connectivity index (χ0n) is 18.0. The van der Waals surface area contributed by atoms with E-state index in [1.54, 1.807) is 6.92 Å². The lowest BCUT2D eigenvalue weighted by Gasteiger charge is -2.13. The highest BCUT2D eigenvalue weighted by Crippen LogP contribution is 2.32. The van der Waals surface area contributed by atoms with E-state index < -0.39 is 23.8 Å². The predicted octanol–water partition coefficient (Wildman–Crippen LogP) is 6.27. The van der Waals surface area contributed by atoms with Crippen molar-refractivity contribution in [2.24, 2.45) is 0 Å². The molecular formula is C24H24F3NO4. The number of aromatic nitrogens is 1. The zero-order valence-corrected chi connectivity index (χ0v) is 18.0. The van der Waals surface area contributed by atoms with E-state index in [4.69, 9.17) is 14.3 Å². The molecule has 0 bridgehead atoms. The highest BCUT2D eigenvalue weighted by Gasteiger charge is 2.30. The van der Waals surface area contributed by atoms with Crippen molar-refractivity contribution in [3.8, 4) is 11.5 Å². The van der Waals surface area contributed by atoms with Crippen LogP contribution in [-0.2, 0) is 28.7 Å². The SMILES string of the molecule is Cc1cc(COC(C)c2oc(-c3ccc(C(F)(F)F)cc3)nc2C)ccc1CCC(=O)O. The molecule has 0 aliphatic carbocycles. The Bertz CT molecular complexity index is 1090. The van der Waals surface area contributed by atoms with Crippen LogP contribution in [0, 0.1) is 13.8 Å². The molecule has 0 radical (unpaired) electrons. The molecule has 0 saturated carbocycles. The summed E-state index contributed by atoms with van der Waals surface area (Å²) in [7, 11) is 0. The number of aliphatic carboxylic acids is 1. The summed E-state index contributed by atoms with van der Waals surface area (Å²) in [6.07, 6.45) is -4.26. The van der Waals surface area contributed by atoms with Crippen molar-refractivity contribution in [2.75, 3.05) is 0 Å². The Hall–Kier alpha value is -3.13. The van der Waals surface area contributed by atoms with Crippen LogP contribution in [0.1, 0.15) is 53.2 Å². The van der Waals surface area contributed by atoms with Crippen LogP contribution in [0.15, 0.2) is 46.9 Å². The van der Waals surface area contributed by atoms with Crippen LogP contribution in [0.2, 0.25) is 0 Å². The van der Waals surface area contributed by atoms with Crippen LogP contribution in [0.3, 0.4) is 0 Å². The van der Waals surface area contributed by atoms with E-state index in [1.807, 2.05) is 32.0 Å². The third-order valence-electron chi connectivity index (χ3n) is 5.18. The minimum atomic E-state index is -4.40. The first-order chi connectivity index (χ1) is 15.0. The third kappa shape index (κ3) is 5.76. The van der Waals surface area contributed by atoms with Crippen molar-refractivity contribution >= 4 is 5.97 Å². The molecule has 0 amide bonds.